The summed E-state index contributed by atoms with van der Waals surface area (Å²) in [5.41, 5.74) is 1.90. The van der Waals surface area contributed by atoms with Gasteiger partial charge in [-0.15, -0.1) is 0 Å². The minimum atomic E-state index is 0.219. The van der Waals surface area contributed by atoms with Gasteiger partial charge in [0.25, 0.3) is 0 Å². The SMILES string of the molecule is Cc1ccc(OCCN=Cc2cc(Br)ccc2O)cc1. The van der Waals surface area contributed by atoms with E-state index in [0.29, 0.717) is 18.7 Å². The highest BCUT2D eigenvalue weighted by Gasteiger charge is 1.98. The quantitative estimate of drug-likeness (QED) is 0.664. The average molecular weight is 334 g/mol. The van der Waals surface area contributed by atoms with Crippen molar-refractivity contribution in [3.8, 4) is 11.5 Å². The monoisotopic (exact) mass is 333 g/mol. The maximum Gasteiger partial charge on any atom is 0.124 e. The van der Waals surface area contributed by atoms with Gasteiger partial charge in [-0.05, 0) is 37.3 Å². The van der Waals surface area contributed by atoms with Crippen LogP contribution in [-0.2, 0) is 0 Å². The van der Waals surface area contributed by atoms with Gasteiger partial charge in [-0.25, -0.2) is 0 Å². The molecule has 0 unspecified atom stereocenters. The lowest BCUT2D eigenvalue weighted by Crippen LogP contribution is -2.01. The van der Waals surface area contributed by atoms with Crippen molar-refractivity contribution in [2.24, 2.45) is 4.99 Å². The van der Waals surface area contributed by atoms with Gasteiger partial charge in [-0.2, -0.15) is 0 Å². The van der Waals surface area contributed by atoms with Crippen LogP contribution < -0.4 is 4.74 Å². The summed E-state index contributed by atoms with van der Waals surface area (Å²) in [5.74, 6) is 1.06. The Hall–Kier alpha value is -1.81. The van der Waals surface area contributed by atoms with Crippen LogP contribution in [-0.4, -0.2) is 24.5 Å². The lowest BCUT2D eigenvalue weighted by atomic mass is 10.2. The Bertz CT molecular complexity index is 594. The Balaban J connectivity index is 1.82. The molecule has 0 spiro atoms. The molecule has 0 aliphatic heterocycles. The summed E-state index contributed by atoms with van der Waals surface area (Å²) in [6, 6.07) is 13.1. The van der Waals surface area contributed by atoms with Gasteiger partial charge in [0.15, 0.2) is 0 Å². The van der Waals surface area contributed by atoms with Crippen molar-refractivity contribution in [1.29, 1.82) is 0 Å². The Morgan fingerprint density at radius 1 is 1.20 bits per heavy atom. The first kappa shape index (κ1) is 14.6. The summed E-state index contributed by atoms with van der Waals surface area (Å²) in [6.45, 7) is 3.09. The first-order valence-corrected chi connectivity index (χ1v) is 7.12. The normalized spacial score (nSPS) is 10.9. The lowest BCUT2D eigenvalue weighted by Gasteiger charge is -2.04. The molecule has 4 heteroatoms. The van der Waals surface area contributed by atoms with E-state index < -0.39 is 0 Å². The van der Waals surface area contributed by atoms with Crippen molar-refractivity contribution in [1.82, 2.24) is 0 Å². The number of ether oxygens (including phenoxy) is 1. The van der Waals surface area contributed by atoms with Crippen LogP contribution in [0.1, 0.15) is 11.1 Å². The molecule has 0 saturated heterocycles. The molecule has 0 aliphatic carbocycles. The standard InChI is InChI=1S/C16H16BrNO2/c1-12-2-5-15(6-3-12)20-9-8-18-11-13-10-14(17)4-7-16(13)19/h2-7,10-11,19H,8-9H2,1H3. The van der Waals surface area contributed by atoms with Crippen LogP contribution in [0.25, 0.3) is 0 Å². The predicted molar refractivity (Wildman–Crippen MR) is 84.9 cm³/mol. The predicted octanol–water partition coefficient (Wildman–Crippen LogP) is 3.96. The molecule has 0 amide bonds. The molecule has 0 radical (unpaired) electrons. The number of hydrogen-bond donors (Lipinski definition) is 1. The minimum absolute atomic E-state index is 0.219. The van der Waals surface area contributed by atoms with Gasteiger partial charge in [0.2, 0.25) is 0 Å². The van der Waals surface area contributed by atoms with Crippen molar-refractivity contribution < 1.29 is 9.84 Å². The molecule has 0 saturated carbocycles. The smallest absolute Gasteiger partial charge is 0.124 e. The molecular formula is C16H16BrNO2. The molecule has 104 valence electrons. The number of aliphatic imine (C=N–C) groups is 1. The summed E-state index contributed by atoms with van der Waals surface area (Å²) < 4.78 is 6.48. The zero-order chi connectivity index (χ0) is 14.4. The van der Waals surface area contributed by atoms with Crippen LogP contribution in [0.5, 0.6) is 11.5 Å². The van der Waals surface area contributed by atoms with E-state index >= 15 is 0 Å². The highest BCUT2D eigenvalue weighted by Crippen LogP contribution is 2.20. The molecule has 2 aromatic rings. The van der Waals surface area contributed by atoms with Crippen LogP contribution >= 0.6 is 15.9 Å². The fraction of sp³-hybridized carbons (Fsp3) is 0.188. The highest BCUT2D eigenvalue weighted by atomic mass is 79.9. The van der Waals surface area contributed by atoms with Crippen LogP contribution in [0.3, 0.4) is 0 Å². The Labute approximate surface area is 127 Å². The van der Waals surface area contributed by atoms with Gasteiger partial charge < -0.3 is 9.84 Å². The van der Waals surface area contributed by atoms with Gasteiger partial charge in [-0.3, -0.25) is 4.99 Å². The second-order valence-corrected chi connectivity index (χ2v) is 5.32. The topological polar surface area (TPSA) is 41.8 Å². The third kappa shape index (κ3) is 4.38. The summed E-state index contributed by atoms with van der Waals surface area (Å²) in [5, 5.41) is 9.65. The van der Waals surface area contributed by atoms with Gasteiger partial charge in [0, 0.05) is 16.3 Å². The zero-order valence-electron chi connectivity index (χ0n) is 11.2. The van der Waals surface area contributed by atoms with Crippen molar-refractivity contribution >= 4 is 22.1 Å². The van der Waals surface area contributed by atoms with Crippen molar-refractivity contribution in [3.63, 3.8) is 0 Å². The van der Waals surface area contributed by atoms with Crippen LogP contribution in [0.15, 0.2) is 51.9 Å². The van der Waals surface area contributed by atoms with Crippen molar-refractivity contribution in [2.45, 2.75) is 6.92 Å². The van der Waals surface area contributed by atoms with E-state index in [9.17, 15) is 5.11 Å². The molecule has 20 heavy (non-hydrogen) atoms. The van der Waals surface area contributed by atoms with Crippen molar-refractivity contribution in [2.75, 3.05) is 13.2 Å². The molecule has 0 heterocycles. The molecule has 2 rings (SSSR count). The van der Waals surface area contributed by atoms with Gasteiger partial charge >= 0.3 is 0 Å². The molecule has 1 N–H and O–H groups in total. The summed E-state index contributed by atoms with van der Waals surface area (Å²) >= 11 is 3.36. The highest BCUT2D eigenvalue weighted by molar-refractivity contribution is 9.10. The molecule has 0 aromatic heterocycles. The first-order valence-electron chi connectivity index (χ1n) is 6.33. The number of aromatic hydroxyl groups is 1. The van der Waals surface area contributed by atoms with Crippen LogP contribution in [0, 0.1) is 6.92 Å². The average Bonchev–Trinajstić information content (AvgIpc) is 2.44. The number of rotatable bonds is 5. The number of phenolic OH excluding ortho intramolecular Hbond substituents is 1. The van der Waals surface area contributed by atoms with E-state index in [4.69, 9.17) is 4.74 Å². The Morgan fingerprint density at radius 2 is 1.95 bits per heavy atom. The molecule has 0 bridgehead atoms. The van der Waals surface area contributed by atoms with Crippen molar-refractivity contribution in [3.05, 3.63) is 58.1 Å². The third-order valence-electron chi connectivity index (χ3n) is 2.73. The van der Waals surface area contributed by atoms with Gasteiger partial charge in [-0.1, -0.05) is 33.6 Å². The maximum absolute atomic E-state index is 9.65. The zero-order valence-corrected chi connectivity index (χ0v) is 12.8. The number of hydrogen-bond acceptors (Lipinski definition) is 3. The molecule has 0 aliphatic rings. The van der Waals surface area contributed by atoms with E-state index in [-0.39, 0.29) is 5.75 Å². The number of phenols is 1. The molecule has 3 nitrogen and oxygen atoms in total. The van der Waals surface area contributed by atoms with E-state index in [0.717, 1.165) is 10.2 Å². The van der Waals surface area contributed by atoms with E-state index in [2.05, 4.69) is 20.9 Å². The summed E-state index contributed by atoms with van der Waals surface area (Å²) in [7, 11) is 0. The fourth-order valence-electron chi connectivity index (χ4n) is 1.64. The lowest BCUT2D eigenvalue weighted by molar-refractivity contribution is 0.329. The van der Waals surface area contributed by atoms with E-state index in [1.807, 2.05) is 37.3 Å². The summed E-state index contributed by atoms with van der Waals surface area (Å²) in [4.78, 5) is 4.25. The van der Waals surface area contributed by atoms with E-state index in [1.165, 1.54) is 5.56 Å². The third-order valence-corrected chi connectivity index (χ3v) is 3.22. The molecule has 2 aromatic carbocycles. The van der Waals surface area contributed by atoms with Gasteiger partial charge in [0.1, 0.15) is 18.1 Å². The largest absolute Gasteiger partial charge is 0.507 e. The minimum Gasteiger partial charge on any atom is -0.507 e. The van der Waals surface area contributed by atoms with Crippen LogP contribution in [0.2, 0.25) is 0 Å². The number of halogens is 1. The Morgan fingerprint density at radius 3 is 2.70 bits per heavy atom. The first-order chi connectivity index (χ1) is 9.65. The second kappa shape index (κ2) is 7.10. The van der Waals surface area contributed by atoms with Gasteiger partial charge in [0.05, 0.1) is 6.54 Å². The summed E-state index contributed by atoms with van der Waals surface area (Å²) in [6.07, 6.45) is 1.65. The number of nitrogens with zero attached hydrogens (tertiary/aromatic N) is 1. The second-order valence-electron chi connectivity index (χ2n) is 4.40. The molecular weight excluding hydrogens is 318 g/mol. The fourth-order valence-corrected chi connectivity index (χ4v) is 2.02. The Kier molecular flexibility index (Phi) is 5.18. The number of benzene rings is 2. The van der Waals surface area contributed by atoms with E-state index in [1.54, 1.807) is 18.3 Å². The molecule has 0 atom stereocenters. The maximum atomic E-state index is 9.65. The van der Waals surface area contributed by atoms with Crippen LogP contribution in [0.4, 0.5) is 0 Å². The number of aryl methyl sites for hydroxylation is 1. The molecule has 0 fully saturated rings.